The van der Waals surface area contributed by atoms with Crippen LogP contribution in [0.15, 0.2) is 67.0 Å². The highest BCUT2D eigenvalue weighted by molar-refractivity contribution is 6.35. The van der Waals surface area contributed by atoms with Crippen molar-refractivity contribution in [3.05, 3.63) is 105 Å². The molecule has 0 radical (unpaired) electrons. The summed E-state index contributed by atoms with van der Waals surface area (Å²) in [5.41, 5.74) is 3.97. The summed E-state index contributed by atoms with van der Waals surface area (Å²) < 4.78 is 16.6. The van der Waals surface area contributed by atoms with Gasteiger partial charge in [-0.1, -0.05) is 47.5 Å². The van der Waals surface area contributed by atoms with E-state index in [0.29, 0.717) is 28.6 Å². The molecule has 0 spiro atoms. The molecular formula is C25H22Cl2FN3O. The van der Waals surface area contributed by atoms with Gasteiger partial charge in [-0.3, -0.25) is 4.79 Å². The third kappa shape index (κ3) is 4.95. The molecule has 0 fully saturated rings. The Hall–Kier alpha value is -2.89. The lowest BCUT2D eigenvalue weighted by atomic mass is 9.91. The Morgan fingerprint density at radius 3 is 2.75 bits per heavy atom. The maximum Gasteiger partial charge on any atom is 0.221 e. The number of nitrogens with zero attached hydrogens (tertiary/aromatic N) is 2. The molecule has 0 aliphatic heterocycles. The van der Waals surface area contributed by atoms with Crippen molar-refractivity contribution in [2.45, 2.75) is 25.7 Å². The van der Waals surface area contributed by atoms with Gasteiger partial charge in [-0.05, 0) is 60.4 Å². The molecule has 32 heavy (non-hydrogen) atoms. The standard InChI is InChI=1S/C25H22Cl2FN3O/c1-16-9-11-31-23(15-30-24(31)12-16)20(19-4-2-3-5-22(19)28)14-25(32)29-10-8-17-6-7-18(26)13-21(17)27/h2-7,9,11-13,15,20H,8,10,14H2,1H3,(H,29,32). The van der Waals surface area contributed by atoms with Gasteiger partial charge in [0.05, 0.1) is 5.69 Å². The second-order valence-electron chi connectivity index (χ2n) is 7.73. The van der Waals surface area contributed by atoms with Crippen LogP contribution in [0, 0.1) is 12.7 Å². The van der Waals surface area contributed by atoms with Gasteiger partial charge in [0.1, 0.15) is 11.5 Å². The molecule has 2 aromatic heterocycles. The SMILES string of the molecule is Cc1ccn2c(C(CC(=O)NCCc3ccc(Cl)cc3Cl)c3ccccc3F)cnc2c1. The van der Waals surface area contributed by atoms with E-state index in [4.69, 9.17) is 23.2 Å². The third-order valence-corrected chi connectivity index (χ3v) is 6.04. The van der Waals surface area contributed by atoms with Crippen molar-refractivity contribution in [3.63, 3.8) is 0 Å². The molecular weight excluding hydrogens is 448 g/mol. The average molecular weight is 470 g/mol. The zero-order chi connectivity index (χ0) is 22.7. The number of carbonyl (C=O) groups is 1. The molecule has 1 amide bonds. The molecule has 1 unspecified atom stereocenters. The van der Waals surface area contributed by atoms with Gasteiger partial charge in [0, 0.05) is 41.3 Å². The number of hydrogen-bond donors (Lipinski definition) is 1. The quantitative estimate of drug-likeness (QED) is 0.362. The zero-order valence-corrected chi connectivity index (χ0v) is 19.0. The molecule has 4 rings (SSSR count). The maximum absolute atomic E-state index is 14.7. The second-order valence-corrected chi connectivity index (χ2v) is 8.57. The highest BCUT2D eigenvalue weighted by Gasteiger charge is 2.24. The van der Waals surface area contributed by atoms with Crippen molar-refractivity contribution < 1.29 is 9.18 Å². The van der Waals surface area contributed by atoms with Crippen molar-refractivity contribution in [3.8, 4) is 0 Å². The molecule has 0 saturated carbocycles. The van der Waals surface area contributed by atoms with Gasteiger partial charge in [-0.25, -0.2) is 9.37 Å². The number of hydrogen-bond acceptors (Lipinski definition) is 2. The van der Waals surface area contributed by atoms with E-state index in [1.54, 1.807) is 36.5 Å². The topological polar surface area (TPSA) is 46.4 Å². The summed E-state index contributed by atoms with van der Waals surface area (Å²) in [7, 11) is 0. The highest BCUT2D eigenvalue weighted by Crippen LogP contribution is 2.31. The van der Waals surface area contributed by atoms with Crippen LogP contribution in [0.4, 0.5) is 4.39 Å². The van der Waals surface area contributed by atoms with Crippen molar-refractivity contribution in [1.29, 1.82) is 0 Å². The number of carbonyl (C=O) groups excluding carboxylic acids is 1. The first-order chi connectivity index (χ1) is 15.4. The minimum absolute atomic E-state index is 0.0942. The summed E-state index contributed by atoms with van der Waals surface area (Å²) in [4.78, 5) is 17.3. The van der Waals surface area contributed by atoms with Crippen molar-refractivity contribution >= 4 is 34.8 Å². The summed E-state index contributed by atoms with van der Waals surface area (Å²) in [5, 5.41) is 4.06. The lowest BCUT2D eigenvalue weighted by molar-refractivity contribution is -0.121. The molecule has 1 N–H and O–H groups in total. The summed E-state index contributed by atoms with van der Waals surface area (Å²) in [5.74, 6) is -1.00. The monoisotopic (exact) mass is 469 g/mol. The number of benzene rings is 2. The Morgan fingerprint density at radius 1 is 1.16 bits per heavy atom. The summed E-state index contributed by atoms with van der Waals surface area (Å²) >= 11 is 12.1. The maximum atomic E-state index is 14.7. The lowest BCUT2D eigenvalue weighted by Gasteiger charge is -2.18. The average Bonchev–Trinajstić information content (AvgIpc) is 3.17. The molecule has 164 valence electrons. The number of halogens is 3. The molecule has 2 aromatic carbocycles. The van der Waals surface area contributed by atoms with Crippen LogP contribution in [0.5, 0.6) is 0 Å². The Labute approximate surface area is 196 Å². The van der Waals surface area contributed by atoms with Gasteiger partial charge in [0.25, 0.3) is 0 Å². The number of aromatic nitrogens is 2. The molecule has 1 atom stereocenters. The fraction of sp³-hybridized carbons (Fsp3) is 0.200. The van der Waals surface area contributed by atoms with Crippen LogP contribution in [0.3, 0.4) is 0 Å². The molecule has 0 aliphatic carbocycles. The van der Waals surface area contributed by atoms with E-state index in [0.717, 1.165) is 22.5 Å². The van der Waals surface area contributed by atoms with Gasteiger partial charge in [0.15, 0.2) is 0 Å². The Kier molecular flexibility index (Phi) is 6.77. The van der Waals surface area contributed by atoms with Gasteiger partial charge in [-0.2, -0.15) is 0 Å². The Balaban J connectivity index is 1.54. The number of fused-ring (bicyclic) bond motifs is 1. The third-order valence-electron chi connectivity index (χ3n) is 5.46. The minimum atomic E-state index is -0.479. The lowest BCUT2D eigenvalue weighted by Crippen LogP contribution is -2.28. The van der Waals surface area contributed by atoms with Crippen LogP contribution in [-0.4, -0.2) is 21.8 Å². The van der Waals surface area contributed by atoms with Crippen LogP contribution < -0.4 is 5.32 Å². The Bertz CT molecular complexity index is 1270. The number of amides is 1. The summed E-state index contributed by atoms with van der Waals surface area (Å²) in [6.07, 6.45) is 4.28. The van der Waals surface area contributed by atoms with Crippen molar-refractivity contribution in [2.75, 3.05) is 6.54 Å². The number of imidazole rings is 1. The molecule has 7 heteroatoms. The van der Waals surface area contributed by atoms with Crippen LogP contribution >= 0.6 is 23.2 Å². The van der Waals surface area contributed by atoms with E-state index in [-0.39, 0.29) is 18.1 Å². The van der Waals surface area contributed by atoms with Crippen molar-refractivity contribution in [1.82, 2.24) is 14.7 Å². The Morgan fingerprint density at radius 2 is 1.97 bits per heavy atom. The fourth-order valence-corrected chi connectivity index (χ4v) is 4.31. The minimum Gasteiger partial charge on any atom is -0.356 e. The normalized spacial score (nSPS) is 12.1. The van der Waals surface area contributed by atoms with E-state index >= 15 is 0 Å². The van der Waals surface area contributed by atoms with Gasteiger partial charge in [0.2, 0.25) is 5.91 Å². The molecule has 0 bridgehead atoms. The predicted molar refractivity (Wildman–Crippen MR) is 126 cm³/mol. The summed E-state index contributed by atoms with van der Waals surface area (Å²) in [6.45, 7) is 2.40. The summed E-state index contributed by atoms with van der Waals surface area (Å²) in [6, 6.07) is 15.8. The zero-order valence-electron chi connectivity index (χ0n) is 17.5. The number of nitrogens with one attached hydrogen (secondary N) is 1. The highest BCUT2D eigenvalue weighted by atomic mass is 35.5. The smallest absolute Gasteiger partial charge is 0.221 e. The number of rotatable bonds is 7. The molecule has 0 aliphatic rings. The van der Waals surface area contributed by atoms with Crippen LogP contribution in [0.1, 0.15) is 34.7 Å². The van der Waals surface area contributed by atoms with Gasteiger partial charge in [-0.15, -0.1) is 0 Å². The largest absolute Gasteiger partial charge is 0.356 e. The van der Waals surface area contributed by atoms with E-state index in [1.165, 1.54) is 6.07 Å². The van der Waals surface area contributed by atoms with Gasteiger partial charge < -0.3 is 9.72 Å². The molecule has 0 saturated heterocycles. The second kappa shape index (κ2) is 9.72. The fourth-order valence-electron chi connectivity index (χ4n) is 3.81. The number of aryl methyl sites for hydroxylation is 1. The first-order valence-corrected chi connectivity index (χ1v) is 11.1. The van der Waals surface area contributed by atoms with E-state index in [2.05, 4.69) is 10.3 Å². The van der Waals surface area contributed by atoms with Gasteiger partial charge >= 0.3 is 0 Å². The van der Waals surface area contributed by atoms with E-state index < -0.39 is 5.92 Å². The van der Waals surface area contributed by atoms with Crippen LogP contribution in [0.25, 0.3) is 5.65 Å². The molecule has 4 nitrogen and oxygen atoms in total. The van der Waals surface area contributed by atoms with Crippen LogP contribution in [-0.2, 0) is 11.2 Å². The van der Waals surface area contributed by atoms with E-state index in [1.807, 2.05) is 35.7 Å². The molecule has 2 heterocycles. The first kappa shape index (κ1) is 22.3. The van der Waals surface area contributed by atoms with Crippen molar-refractivity contribution in [2.24, 2.45) is 0 Å². The van der Waals surface area contributed by atoms with E-state index in [9.17, 15) is 9.18 Å². The van der Waals surface area contributed by atoms with Crippen LogP contribution in [0.2, 0.25) is 10.0 Å². The molecule has 4 aromatic rings. The first-order valence-electron chi connectivity index (χ1n) is 10.3. The predicted octanol–water partition coefficient (Wildman–Crippen LogP) is 5.97. The number of pyridine rings is 1.